The van der Waals surface area contributed by atoms with Gasteiger partial charge in [-0.05, 0) is 43.0 Å². The predicted molar refractivity (Wildman–Crippen MR) is 98.9 cm³/mol. The molecule has 0 aromatic heterocycles. The van der Waals surface area contributed by atoms with Gasteiger partial charge in [0.05, 0.1) is 0 Å². The van der Waals surface area contributed by atoms with Gasteiger partial charge in [0.25, 0.3) is 11.8 Å². The zero-order chi connectivity index (χ0) is 18.7. The van der Waals surface area contributed by atoms with Crippen LogP contribution in [-0.2, 0) is 4.79 Å². The monoisotopic (exact) mass is 357 g/mol. The summed E-state index contributed by atoms with van der Waals surface area (Å²) in [5, 5.41) is 0. The molecular formula is C20H27N3O3. The number of likely N-dealkylation sites (tertiary alicyclic amines) is 1. The fourth-order valence-corrected chi connectivity index (χ4v) is 3.72. The molecule has 0 saturated carbocycles. The average molecular weight is 357 g/mol. The van der Waals surface area contributed by atoms with Crippen molar-refractivity contribution in [2.24, 2.45) is 5.92 Å². The second-order valence-electron chi connectivity index (χ2n) is 7.37. The quantitative estimate of drug-likeness (QED) is 0.812. The lowest BCUT2D eigenvalue weighted by Crippen LogP contribution is -2.50. The molecule has 2 aliphatic rings. The van der Waals surface area contributed by atoms with Crippen LogP contribution in [0.2, 0.25) is 0 Å². The molecule has 3 amide bonds. The van der Waals surface area contributed by atoms with Gasteiger partial charge in [-0.1, -0.05) is 6.92 Å². The zero-order valence-corrected chi connectivity index (χ0v) is 15.6. The molecule has 0 N–H and O–H groups in total. The van der Waals surface area contributed by atoms with Crippen LogP contribution in [0.25, 0.3) is 0 Å². The summed E-state index contributed by atoms with van der Waals surface area (Å²) >= 11 is 0. The van der Waals surface area contributed by atoms with Crippen molar-refractivity contribution in [3.63, 3.8) is 0 Å². The van der Waals surface area contributed by atoms with E-state index >= 15 is 0 Å². The van der Waals surface area contributed by atoms with Crippen molar-refractivity contribution >= 4 is 17.7 Å². The van der Waals surface area contributed by atoms with E-state index in [1.807, 2.05) is 4.90 Å². The topological polar surface area (TPSA) is 60.9 Å². The maximum absolute atomic E-state index is 12.6. The molecule has 1 atom stereocenters. The minimum atomic E-state index is -0.0428. The first-order valence-electron chi connectivity index (χ1n) is 9.40. The van der Waals surface area contributed by atoms with Gasteiger partial charge in [-0.25, -0.2) is 0 Å². The lowest BCUT2D eigenvalue weighted by atomic mass is 9.99. The van der Waals surface area contributed by atoms with Crippen LogP contribution in [0.3, 0.4) is 0 Å². The van der Waals surface area contributed by atoms with Gasteiger partial charge < -0.3 is 14.7 Å². The second kappa shape index (κ2) is 7.89. The number of benzene rings is 1. The van der Waals surface area contributed by atoms with Crippen molar-refractivity contribution in [2.45, 2.75) is 26.7 Å². The maximum atomic E-state index is 12.6. The highest BCUT2D eigenvalue weighted by molar-refractivity contribution is 5.98. The molecule has 1 unspecified atom stereocenters. The Morgan fingerprint density at radius 1 is 0.808 bits per heavy atom. The van der Waals surface area contributed by atoms with Crippen LogP contribution >= 0.6 is 0 Å². The Kier molecular flexibility index (Phi) is 5.59. The number of hydrogen-bond acceptors (Lipinski definition) is 3. The Labute approximate surface area is 154 Å². The summed E-state index contributed by atoms with van der Waals surface area (Å²) in [6.07, 6.45) is 2.23. The third-order valence-electron chi connectivity index (χ3n) is 5.34. The third-order valence-corrected chi connectivity index (χ3v) is 5.34. The molecule has 2 saturated heterocycles. The number of carbonyl (C=O) groups excluding carboxylic acids is 3. The molecule has 3 rings (SSSR count). The molecule has 140 valence electrons. The molecule has 0 radical (unpaired) electrons. The van der Waals surface area contributed by atoms with E-state index in [0.29, 0.717) is 43.2 Å². The molecule has 2 aliphatic heterocycles. The van der Waals surface area contributed by atoms with Gasteiger partial charge in [-0.15, -0.1) is 0 Å². The highest BCUT2D eigenvalue weighted by atomic mass is 16.2. The summed E-state index contributed by atoms with van der Waals surface area (Å²) in [5.41, 5.74) is 1.22. The Balaban J connectivity index is 1.61. The van der Waals surface area contributed by atoms with Crippen LogP contribution < -0.4 is 0 Å². The van der Waals surface area contributed by atoms with Crippen LogP contribution in [0.4, 0.5) is 0 Å². The lowest BCUT2D eigenvalue weighted by molar-refractivity contribution is -0.130. The molecule has 26 heavy (non-hydrogen) atoms. The smallest absolute Gasteiger partial charge is 0.253 e. The standard InChI is InChI=1S/C20H27N3O3/c1-15-4-3-9-23(14-15)20(26)18-7-5-17(6-8-18)19(25)22-12-10-21(11-13-22)16(2)24/h5-8,15H,3-4,9-14H2,1-2H3. The van der Waals surface area contributed by atoms with E-state index < -0.39 is 0 Å². The largest absolute Gasteiger partial charge is 0.339 e. The van der Waals surface area contributed by atoms with Crippen molar-refractivity contribution in [1.82, 2.24) is 14.7 Å². The maximum Gasteiger partial charge on any atom is 0.253 e. The van der Waals surface area contributed by atoms with Gasteiger partial charge in [-0.2, -0.15) is 0 Å². The van der Waals surface area contributed by atoms with Crippen molar-refractivity contribution in [3.05, 3.63) is 35.4 Å². The van der Waals surface area contributed by atoms with E-state index in [1.165, 1.54) is 6.42 Å². The van der Waals surface area contributed by atoms with Crippen LogP contribution in [-0.4, -0.2) is 71.7 Å². The number of piperidine rings is 1. The molecule has 6 nitrogen and oxygen atoms in total. The van der Waals surface area contributed by atoms with Gasteiger partial charge in [0.2, 0.25) is 5.91 Å². The van der Waals surface area contributed by atoms with E-state index in [-0.39, 0.29) is 17.7 Å². The normalized spacial score (nSPS) is 20.8. The molecule has 2 fully saturated rings. The van der Waals surface area contributed by atoms with E-state index in [4.69, 9.17) is 0 Å². The van der Waals surface area contributed by atoms with Gasteiger partial charge in [0, 0.05) is 57.3 Å². The van der Waals surface area contributed by atoms with Gasteiger partial charge in [-0.3, -0.25) is 14.4 Å². The van der Waals surface area contributed by atoms with Crippen molar-refractivity contribution in [2.75, 3.05) is 39.3 Å². The van der Waals surface area contributed by atoms with Gasteiger partial charge in [0.15, 0.2) is 0 Å². The third kappa shape index (κ3) is 4.06. The minimum absolute atomic E-state index is 0.0428. The first-order chi connectivity index (χ1) is 12.5. The number of rotatable bonds is 2. The molecule has 1 aromatic carbocycles. The second-order valence-corrected chi connectivity index (χ2v) is 7.37. The van der Waals surface area contributed by atoms with Crippen molar-refractivity contribution < 1.29 is 14.4 Å². The molecular weight excluding hydrogens is 330 g/mol. The summed E-state index contributed by atoms with van der Waals surface area (Å²) in [6.45, 7) is 7.58. The SMILES string of the molecule is CC(=O)N1CCN(C(=O)c2ccc(C(=O)N3CCCC(C)C3)cc2)CC1. The highest BCUT2D eigenvalue weighted by Gasteiger charge is 2.25. The zero-order valence-electron chi connectivity index (χ0n) is 15.6. The van der Waals surface area contributed by atoms with E-state index in [9.17, 15) is 14.4 Å². The average Bonchev–Trinajstić information content (AvgIpc) is 2.67. The van der Waals surface area contributed by atoms with Crippen LogP contribution in [0.1, 0.15) is 47.4 Å². The Hall–Kier alpha value is -2.37. The number of piperazine rings is 1. The first-order valence-corrected chi connectivity index (χ1v) is 9.40. The molecule has 6 heteroatoms. The van der Waals surface area contributed by atoms with Crippen LogP contribution in [0.5, 0.6) is 0 Å². The Morgan fingerprint density at radius 2 is 1.31 bits per heavy atom. The summed E-state index contributed by atoms with van der Waals surface area (Å²) in [7, 11) is 0. The lowest BCUT2D eigenvalue weighted by Gasteiger charge is -2.34. The molecule has 0 spiro atoms. The predicted octanol–water partition coefficient (Wildman–Crippen LogP) is 1.86. The minimum Gasteiger partial charge on any atom is -0.339 e. The Bertz CT molecular complexity index is 678. The molecule has 0 bridgehead atoms. The molecule has 1 aromatic rings. The Morgan fingerprint density at radius 3 is 1.81 bits per heavy atom. The van der Waals surface area contributed by atoms with Crippen LogP contribution in [0.15, 0.2) is 24.3 Å². The summed E-state index contributed by atoms with van der Waals surface area (Å²) < 4.78 is 0. The molecule has 2 heterocycles. The molecule has 0 aliphatic carbocycles. The van der Waals surface area contributed by atoms with Crippen molar-refractivity contribution in [3.8, 4) is 0 Å². The first kappa shape index (κ1) is 18.4. The fraction of sp³-hybridized carbons (Fsp3) is 0.550. The summed E-state index contributed by atoms with van der Waals surface area (Å²) in [5.74, 6) is 0.596. The van der Waals surface area contributed by atoms with E-state index in [1.54, 1.807) is 41.0 Å². The number of nitrogens with zero attached hydrogens (tertiary/aromatic N) is 3. The fourth-order valence-electron chi connectivity index (χ4n) is 3.72. The summed E-state index contributed by atoms with van der Waals surface area (Å²) in [6, 6.07) is 6.97. The van der Waals surface area contributed by atoms with Crippen LogP contribution in [0, 0.1) is 5.92 Å². The van der Waals surface area contributed by atoms with Crippen molar-refractivity contribution in [1.29, 1.82) is 0 Å². The summed E-state index contributed by atoms with van der Waals surface area (Å²) in [4.78, 5) is 42.1. The number of hydrogen-bond donors (Lipinski definition) is 0. The number of carbonyl (C=O) groups is 3. The number of amides is 3. The van der Waals surface area contributed by atoms with E-state index in [0.717, 1.165) is 19.5 Å². The van der Waals surface area contributed by atoms with Gasteiger partial charge in [0.1, 0.15) is 0 Å². The van der Waals surface area contributed by atoms with Gasteiger partial charge >= 0.3 is 0 Å². The van der Waals surface area contributed by atoms with E-state index in [2.05, 4.69) is 6.92 Å². The highest BCUT2D eigenvalue weighted by Crippen LogP contribution is 2.18.